The number of carbonyl (C=O) groups excluding carboxylic acids is 1. The molecule has 2 rings (SSSR count). The van der Waals surface area contributed by atoms with E-state index in [1.54, 1.807) is 6.07 Å². The van der Waals surface area contributed by atoms with E-state index in [4.69, 9.17) is 15.4 Å². The van der Waals surface area contributed by atoms with E-state index >= 15 is 0 Å². The average molecular weight is 251 g/mol. The molecule has 1 aliphatic rings. The number of amides is 1. The van der Waals surface area contributed by atoms with Gasteiger partial charge in [-0.25, -0.2) is 0 Å². The van der Waals surface area contributed by atoms with Crippen LogP contribution < -0.4 is 11.1 Å². The monoisotopic (exact) mass is 251 g/mol. The predicted molar refractivity (Wildman–Crippen MR) is 65.4 cm³/mol. The fourth-order valence-electron chi connectivity index (χ4n) is 2.38. The highest BCUT2D eigenvalue weighted by molar-refractivity contribution is 6.00. The van der Waals surface area contributed by atoms with Gasteiger partial charge in [-0.05, 0) is 18.9 Å². The number of furan rings is 1. The van der Waals surface area contributed by atoms with Gasteiger partial charge in [0.05, 0.1) is 11.8 Å². The van der Waals surface area contributed by atoms with E-state index in [1.165, 1.54) is 12.5 Å². The molecule has 1 aliphatic carbocycles. The molecule has 18 heavy (non-hydrogen) atoms. The van der Waals surface area contributed by atoms with Crippen molar-refractivity contribution in [2.45, 2.75) is 37.6 Å². The van der Waals surface area contributed by atoms with Crippen molar-refractivity contribution in [1.82, 2.24) is 5.32 Å². The van der Waals surface area contributed by atoms with E-state index in [0.717, 1.165) is 19.3 Å². The van der Waals surface area contributed by atoms with Gasteiger partial charge in [0, 0.05) is 0 Å². The molecular formula is C12H17N3O3. The molecule has 6 nitrogen and oxygen atoms in total. The number of hydrogen-bond donors (Lipinski definition) is 3. The lowest BCUT2D eigenvalue weighted by Gasteiger charge is -2.36. The summed E-state index contributed by atoms with van der Waals surface area (Å²) in [5.74, 6) is -0.198. The fraction of sp³-hybridized carbons (Fsp3) is 0.500. The van der Waals surface area contributed by atoms with E-state index in [-0.39, 0.29) is 11.7 Å². The minimum atomic E-state index is -0.735. The van der Waals surface area contributed by atoms with E-state index < -0.39 is 5.54 Å². The van der Waals surface area contributed by atoms with Crippen molar-refractivity contribution in [3.05, 3.63) is 24.2 Å². The van der Waals surface area contributed by atoms with Crippen LogP contribution in [0, 0.1) is 0 Å². The Kier molecular flexibility index (Phi) is 3.55. The smallest absolute Gasteiger partial charge is 0.255 e. The van der Waals surface area contributed by atoms with Gasteiger partial charge >= 0.3 is 0 Å². The molecule has 1 heterocycles. The van der Waals surface area contributed by atoms with Crippen molar-refractivity contribution in [3.8, 4) is 0 Å². The van der Waals surface area contributed by atoms with Crippen LogP contribution in [0.4, 0.5) is 0 Å². The quantitative estimate of drug-likeness (QED) is 0.327. The Labute approximate surface area is 105 Å². The topological polar surface area (TPSA) is 101 Å². The summed E-state index contributed by atoms with van der Waals surface area (Å²) >= 11 is 0. The van der Waals surface area contributed by atoms with E-state index in [2.05, 4.69) is 10.5 Å². The molecule has 6 heteroatoms. The Morgan fingerprint density at radius 1 is 1.44 bits per heavy atom. The van der Waals surface area contributed by atoms with Crippen LogP contribution in [0.15, 0.2) is 28.2 Å². The lowest BCUT2D eigenvalue weighted by atomic mass is 9.80. The number of oxime groups is 1. The second-order valence-electron chi connectivity index (χ2n) is 4.59. The maximum atomic E-state index is 12.0. The van der Waals surface area contributed by atoms with E-state index in [9.17, 15) is 4.79 Å². The molecule has 98 valence electrons. The lowest BCUT2D eigenvalue weighted by Crippen LogP contribution is -2.58. The van der Waals surface area contributed by atoms with Crippen molar-refractivity contribution in [3.63, 3.8) is 0 Å². The zero-order valence-corrected chi connectivity index (χ0v) is 10.1. The standard InChI is InChI=1S/C12H17N3O3/c13-11(15-17)12(5-2-1-3-6-12)14-10(16)9-4-7-18-8-9/h4,7-8,17H,1-3,5-6H2,(H2,13,15)(H,14,16). The summed E-state index contributed by atoms with van der Waals surface area (Å²) in [5.41, 5.74) is 5.45. The summed E-state index contributed by atoms with van der Waals surface area (Å²) in [6.07, 6.45) is 7.18. The maximum Gasteiger partial charge on any atom is 0.255 e. The van der Waals surface area contributed by atoms with Crippen LogP contribution in [0.2, 0.25) is 0 Å². The van der Waals surface area contributed by atoms with Crippen LogP contribution in [0.5, 0.6) is 0 Å². The molecule has 0 unspecified atom stereocenters. The molecule has 0 atom stereocenters. The second-order valence-corrected chi connectivity index (χ2v) is 4.59. The molecular weight excluding hydrogens is 234 g/mol. The normalized spacial score (nSPS) is 19.4. The highest BCUT2D eigenvalue weighted by Gasteiger charge is 2.38. The van der Waals surface area contributed by atoms with Crippen molar-refractivity contribution in [1.29, 1.82) is 0 Å². The van der Waals surface area contributed by atoms with Gasteiger partial charge in [0.2, 0.25) is 0 Å². The number of hydrogen-bond acceptors (Lipinski definition) is 4. The molecule has 0 aliphatic heterocycles. The Morgan fingerprint density at radius 3 is 2.72 bits per heavy atom. The van der Waals surface area contributed by atoms with Crippen molar-refractivity contribution < 1.29 is 14.4 Å². The summed E-state index contributed by atoms with van der Waals surface area (Å²) in [6, 6.07) is 1.58. The third kappa shape index (κ3) is 2.32. The van der Waals surface area contributed by atoms with Gasteiger partial charge in [0.1, 0.15) is 11.8 Å². The van der Waals surface area contributed by atoms with E-state index in [0.29, 0.717) is 18.4 Å². The van der Waals surface area contributed by atoms with Gasteiger partial charge in [0.25, 0.3) is 5.91 Å². The number of nitrogens with one attached hydrogen (secondary N) is 1. The maximum absolute atomic E-state index is 12.0. The van der Waals surface area contributed by atoms with Crippen LogP contribution >= 0.6 is 0 Å². The molecule has 0 saturated heterocycles. The zero-order chi connectivity index (χ0) is 13.0. The minimum absolute atomic E-state index is 0.0686. The van der Waals surface area contributed by atoms with Crippen LogP contribution in [0.3, 0.4) is 0 Å². The molecule has 0 radical (unpaired) electrons. The summed E-state index contributed by atoms with van der Waals surface area (Å²) in [6.45, 7) is 0. The van der Waals surface area contributed by atoms with Crippen molar-refractivity contribution in [2.75, 3.05) is 0 Å². The molecule has 1 amide bonds. The van der Waals surface area contributed by atoms with Crippen LogP contribution in [-0.2, 0) is 0 Å². The number of nitrogens with two attached hydrogens (primary N) is 1. The molecule has 1 aromatic rings. The van der Waals surface area contributed by atoms with Gasteiger partial charge in [0.15, 0.2) is 5.84 Å². The zero-order valence-electron chi connectivity index (χ0n) is 10.1. The number of amidine groups is 1. The average Bonchev–Trinajstić information content (AvgIpc) is 2.93. The lowest BCUT2D eigenvalue weighted by molar-refractivity contribution is 0.0905. The first-order chi connectivity index (χ1) is 8.68. The first-order valence-electron chi connectivity index (χ1n) is 6.01. The van der Waals surface area contributed by atoms with Gasteiger partial charge in [-0.1, -0.05) is 24.4 Å². The highest BCUT2D eigenvalue weighted by Crippen LogP contribution is 2.28. The van der Waals surface area contributed by atoms with E-state index in [1.807, 2.05) is 0 Å². The third-order valence-corrected chi connectivity index (χ3v) is 3.44. The fourth-order valence-corrected chi connectivity index (χ4v) is 2.38. The second kappa shape index (κ2) is 5.12. The number of nitrogens with zero attached hydrogens (tertiary/aromatic N) is 1. The van der Waals surface area contributed by atoms with Crippen molar-refractivity contribution in [2.24, 2.45) is 10.9 Å². The molecule has 0 bridgehead atoms. The summed E-state index contributed by atoms with van der Waals surface area (Å²) < 4.78 is 4.87. The van der Waals surface area contributed by atoms with Gasteiger partial charge < -0.3 is 20.7 Å². The largest absolute Gasteiger partial charge is 0.472 e. The summed E-state index contributed by atoms with van der Waals surface area (Å²) in [5, 5.41) is 14.8. The molecule has 1 aromatic heterocycles. The summed E-state index contributed by atoms with van der Waals surface area (Å²) in [7, 11) is 0. The molecule has 4 N–H and O–H groups in total. The summed E-state index contributed by atoms with van der Waals surface area (Å²) in [4.78, 5) is 12.0. The van der Waals surface area contributed by atoms with Gasteiger partial charge in [-0.3, -0.25) is 4.79 Å². The SMILES string of the molecule is N/C(=N/O)C1(NC(=O)c2ccoc2)CCCCC1. The number of rotatable bonds is 3. The Balaban J connectivity index is 2.18. The Hall–Kier alpha value is -1.98. The van der Waals surface area contributed by atoms with Gasteiger partial charge in [-0.15, -0.1) is 0 Å². The van der Waals surface area contributed by atoms with Crippen LogP contribution in [-0.4, -0.2) is 22.5 Å². The first-order valence-corrected chi connectivity index (χ1v) is 6.01. The predicted octanol–water partition coefficient (Wildman–Crippen LogP) is 1.46. The molecule has 1 saturated carbocycles. The molecule has 0 spiro atoms. The molecule has 0 aromatic carbocycles. The minimum Gasteiger partial charge on any atom is -0.472 e. The number of carbonyl (C=O) groups is 1. The first kappa shape index (κ1) is 12.5. The van der Waals surface area contributed by atoms with Crippen LogP contribution in [0.25, 0.3) is 0 Å². The Morgan fingerprint density at radius 2 is 2.17 bits per heavy atom. The third-order valence-electron chi connectivity index (χ3n) is 3.44. The Bertz CT molecular complexity index is 433. The van der Waals surface area contributed by atoms with Crippen molar-refractivity contribution >= 4 is 11.7 Å². The van der Waals surface area contributed by atoms with Gasteiger partial charge in [-0.2, -0.15) is 0 Å². The molecule has 1 fully saturated rings. The van der Waals surface area contributed by atoms with Crippen LogP contribution in [0.1, 0.15) is 42.5 Å². The highest BCUT2D eigenvalue weighted by atomic mass is 16.4.